The van der Waals surface area contributed by atoms with Crippen LogP contribution in [0.25, 0.3) is 0 Å². The standard InChI is InChI=1S/C12H15BrO3/c1-2-3-4-5-9(14)8-10(15)11-6-7-12(13)16-11/h6-7H,2-5,8H2,1H3. The molecule has 0 atom stereocenters. The van der Waals surface area contributed by atoms with E-state index >= 15 is 0 Å². The summed E-state index contributed by atoms with van der Waals surface area (Å²) in [5.74, 6) is -0.00566. The number of halogens is 1. The predicted octanol–water partition coefficient (Wildman–Crippen LogP) is 3.76. The number of Topliss-reactive ketones (excluding diaryl/α,β-unsaturated/α-hetero) is 2. The molecule has 0 radical (unpaired) electrons. The highest BCUT2D eigenvalue weighted by Crippen LogP contribution is 2.16. The molecule has 16 heavy (non-hydrogen) atoms. The van der Waals surface area contributed by atoms with Crippen LogP contribution in [0.5, 0.6) is 0 Å². The summed E-state index contributed by atoms with van der Waals surface area (Å²) in [4.78, 5) is 23.0. The summed E-state index contributed by atoms with van der Waals surface area (Å²) in [5, 5.41) is 0. The number of carbonyl (C=O) groups is 2. The average Bonchev–Trinajstić information content (AvgIpc) is 2.65. The summed E-state index contributed by atoms with van der Waals surface area (Å²) in [6.07, 6.45) is 3.41. The van der Waals surface area contributed by atoms with Crippen molar-refractivity contribution in [2.75, 3.05) is 0 Å². The first-order valence-electron chi connectivity index (χ1n) is 5.43. The molecular formula is C12H15BrO3. The first-order valence-corrected chi connectivity index (χ1v) is 6.23. The number of hydrogen-bond donors (Lipinski definition) is 0. The number of ketones is 2. The van der Waals surface area contributed by atoms with Crippen LogP contribution in [0.4, 0.5) is 0 Å². The highest BCUT2D eigenvalue weighted by atomic mass is 79.9. The largest absolute Gasteiger partial charge is 0.446 e. The van der Waals surface area contributed by atoms with E-state index in [-0.39, 0.29) is 23.7 Å². The van der Waals surface area contributed by atoms with Crippen LogP contribution in [0.15, 0.2) is 21.2 Å². The lowest BCUT2D eigenvalue weighted by Crippen LogP contribution is -2.07. The second-order valence-corrected chi connectivity index (χ2v) is 4.48. The second kappa shape index (κ2) is 6.63. The SMILES string of the molecule is CCCCCC(=O)CC(=O)c1ccc(Br)o1. The van der Waals surface area contributed by atoms with E-state index in [4.69, 9.17) is 4.42 Å². The van der Waals surface area contributed by atoms with Crippen molar-refractivity contribution in [3.05, 3.63) is 22.6 Å². The Balaban J connectivity index is 2.37. The molecule has 0 aromatic carbocycles. The predicted molar refractivity (Wildman–Crippen MR) is 64.5 cm³/mol. The van der Waals surface area contributed by atoms with E-state index in [0.717, 1.165) is 19.3 Å². The highest BCUT2D eigenvalue weighted by Gasteiger charge is 2.14. The Hall–Kier alpha value is -0.900. The van der Waals surface area contributed by atoms with Crippen molar-refractivity contribution in [3.8, 4) is 0 Å². The van der Waals surface area contributed by atoms with Gasteiger partial charge in [-0.05, 0) is 34.5 Å². The van der Waals surface area contributed by atoms with E-state index in [2.05, 4.69) is 22.9 Å². The van der Waals surface area contributed by atoms with E-state index in [1.165, 1.54) is 0 Å². The molecule has 88 valence electrons. The molecule has 0 aliphatic heterocycles. The highest BCUT2D eigenvalue weighted by molar-refractivity contribution is 9.10. The third kappa shape index (κ3) is 4.31. The van der Waals surface area contributed by atoms with Gasteiger partial charge >= 0.3 is 0 Å². The molecule has 1 aromatic rings. The van der Waals surface area contributed by atoms with Gasteiger partial charge in [-0.2, -0.15) is 0 Å². The van der Waals surface area contributed by atoms with Crippen LogP contribution in [-0.2, 0) is 4.79 Å². The molecule has 0 saturated heterocycles. The minimum absolute atomic E-state index is 0.00836. The van der Waals surface area contributed by atoms with Gasteiger partial charge in [0, 0.05) is 6.42 Å². The van der Waals surface area contributed by atoms with E-state index < -0.39 is 0 Å². The van der Waals surface area contributed by atoms with Gasteiger partial charge in [-0.3, -0.25) is 9.59 Å². The molecule has 4 heteroatoms. The first kappa shape index (κ1) is 13.2. The number of furan rings is 1. The fourth-order valence-electron chi connectivity index (χ4n) is 1.39. The van der Waals surface area contributed by atoms with E-state index in [1.54, 1.807) is 12.1 Å². The van der Waals surface area contributed by atoms with Crippen molar-refractivity contribution in [2.24, 2.45) is 0 Å². The van der Waals surface area contributed by atoms with Crippen LogP contribution in [0.2, 0.25) is 0 Å². The van der Waals surface area contributed by atoms with Crippen LogP contribution in [0.1, 0.15) is 49.6 Å². The average molecular weight is 287 g/mol. The van der Waals surface area contributed by atoms with Crippen molar-refractivity contribution < 1.29 is 14.0 Å². The monoisotopic (exact) mass is 286 g/mol. The zero-order chi connectivity index (χ0) is 12.0. The van der Waals surface area contributed by atoms with Crippen LogP contribution in [0, 0.1) is 0 Å². The molecule has 0 N–H and O–H groups in total. The van der Waals surface area contributed by atoms with Crippen LogP contribution in [-0.4, -0.2) is 11.6 Å². The van der Waals surface area contributed by atoms with Crippen molar-refractivity contribution in [3.63, 3.8) is 0 Å². The van der Waals surface area contributed by atoms with Crippen molar-refractivity contribution in [1.82, 2.24) is 0 Å². The summed E-state index contributed by atoms with van der Waals surface area (Å²) < 4.78 is 5.60. The molecule has 1 aromatic heterocycles. The van der Waals surface area contributed by atoms with Gasteiger partial charge in [0.15, 0.2) is 10.4 Å². The van der Waals surface area contributed by atoms with Gasteiger partial charge in [0.25, 0.3) is 0 Å². The van der Waals surface area contributed by atoms with Crippen LogP contribution >= 0.6 is 15.9 Å². The maximum atomic E-state index is 11.6. The zero-order valence-corrected chi connectivity index (χ0v) is 10.9. The Morgan fingerprint density at radius 2 is 2.06 bits per heavy atom. The Kier molecular flexibility index (Phi) is 5.46. The van der Waals surface area contributed by atoms with Gasteiger partial charge < -0.3 is 4.42 Å². The molecule has 0 aliphatic rings. The molecule has 0 amide bonds. The molecule has 0 saturated carbocycles. The van der Waals surface area contributed by atoms with Gasteiger partial charge in [-0.1, -0.05) is 19.8 Å². The van der Waals surface area contributed by atoms with E-state index in [0.29, 0.717) is 11.1 Å². The third-order valence-corrected chi connectivity index (χ3v) is 2.69. The lowest BCUT2D eigenvalue weighted by Gasteiger charge is -1.98. The normalized spacial score (nSPS) is 10.4. The Morgan fingerprint density at radius 1 is 1.31 bits per heavy atom. The molecule has 1 heterocycles. The molecule has 0 fully saturated rings. The number of rotatable bonds is 7. The minimum Gasteiger partial charge on any atom is -0.446 e. The van der Waals surface area contributed by atoms with Crippen molar-refractivity contribution in [1.29, 1.82) is 0 Å². The fourth-order valence-corrected chi connectivity index (χ4v) is 1.70. The Morgan fingerprint density at radius 3 is 2.62 bits per heavy atom. The Bertz CT molecular complexity index is 368. The second-order valence-electron chi connectivity index (χ2n) is 3.70. The maximum Gasteiger partial charge on any atom is 0.205 e. The third-order valence-electron chi connectivity index (χ3n) is 2.26. The van der Waals surface area contributed by atoms with Gasteiger partial charge in [0.2, 0.25) is 5.78 Å². The smallest absolute Gasteiger partial charge is 0.205 e. The quantitative estimate of drug-likeness (QED) is 0.436. The molecule has 0 bridgehead atoms. The zero-order valence-electron chi connectivity index (χ0n) is 9.29. The van der Waals surface area contributed by atoms with Gasteiger partial charge in [0.05, 0.1) is 6.42 Å². The maximum absolute atomic E-state index is 11.6. The van der Waals surface area contributed by atoms with Crippen molar-refractivity contribution in [2.45, 2.75) is 39.0 Å². The molecule has 0 spiro atoms. The summed E-state index contributed by atoms with van der Waals surface area (Å²) in [5.41, 5.74) is 0. The fraction of sp³-hybridized carbons (Fsp3) is 0.500. The van der Waals surface area contributed by atoms with E-state index in [1.807, 2.05) is 0 Å². The molecular weight excluding hydrogens is 272 g/mol. The van der Waals surface area contributed by atoms with Crippen LogP contribution in [0.3, 0.4) is 0 Å². The minimum atomic E-state index is -0.243. The summed E-state index contributed by atoms with van der Waals surface area (Å²) in [6, 6.07) is 3.22. The lowest BCUT2D eigenvalue weighted by atomic mass is 10.1. The molecule has 3 nitrogen and oxygen atoms in total. The summed E-state index contributed by atoms with van der Waals surface area (Å²) in [6.45, 7) is 2.08. The number of unbranched alkanes of at least 4 members (excludes halogenated alkanes) is 2. The number of hydrogen-bond acceptors (Lipinski definition) is 3. The molecule has 1 rings (SSSR count). The summed E-state index contributed by atoms with van der Waals surface area (Å²) in [7, 11) is 0. The van der Waals surface area contributed by atoms with Gasteiger partial charge in [-0.15, -0.1) is 0 Å². The van der Waals surface area contributed by atoms with Gasteiger partial charge in [0.1, 0.15) is 5.78 Å². The molecule has 0 unspecified atom stereocenters. The van der Waals surface area contributed by atoms with Gasteiger partial charge in [-0.25, -0.2) is 0 Å². The molecule has 0 aliphatic carbocycles. The van der Waals surface area contributed by atoms with Crippen molar-refractivity contribution >= 4 is 27.5 Å². The first-order chi connectivity index (χ1) is 7.63. The Labute approximate surface area is 103 Å². The topological polar surface area (TPSA) is 47.3 Å². The summed E-state index contributed by atoms with van der Waals surface area (Å²) >= 11 is 3.11. The lowest BCUT2D eigenvalue weighted by molar-refractivity contribution is -0.118. The van der Waals surface area contributed by atoms with Crippen LogP contribution < -0.4 is 0 Å². The van der Waals surface area contributed by atoms with E-state index in [9.17, 15) is 9.59 Å². The number of carbonyl (C=O) groups excluding carboxylic acids is 2.